The van der Waals surface area contributed by atoms with Gasteiger partial charge in [0.05, 0.1) is 0 Å². The molecule has 2 nitrogen and oxygen atoms in total. The molecule has 0 aromatic heterocycles. The van der Waals surface area contributed by atoms with Crippen LogP contribution in [0.5, 0.6) is 0 Å². The molecule has 0 atom stereocenters. The molecule has 0 aliphatic carbocycles. The summed E-state index contributed by atoms with van der Waals surface area (Å²) in [7, 11) is 0. The maximum Gasteiger partial charge on any atom is 0.127 e. The van der Waals surface area contributed by atoms with E-state index in [4.69, 9.17) is 5.73 Å². The first-order chi connectivity index (χ1) is 9.63. The van der Waals surface area contributed by atoms with E-state index in [-0.39, 0.29) is 5.82 Å². The molecular formula is C16H12BrFN2. The molecule has 3 aromatic carbocycles. The summed E-state index contributed by atoms with van der Waals surface area (Å²) < 4.78 is 14.4. The van der Waals surface area contributed by atoms with Gasteiger partial charge in [-0.15, -0.1) is 0 Å². The lowest BCUT2D eigenvalue weighted by molar-refractivity contribution is 0.629. The van der Waals surface area contributed by atoms with E-state index >= 15 is 0 Å². The summed E-state index contributed by atoms with van der Waals surface area (Å²) in [4.78, 5) is 0. The van der Waals surface area contributed by atoms with Gasteiger partial charge in [0.2, 0.25) is 0 Å². The van der Waals surface area contributed by atoms with Crippen LogP contribution in [0.2, 0.25) is 0 Å². The fourth-order valence-corrected chi connectivity index (χ4v) is 2.69. The molecule has 0 amide bonds. The molecule has 0 radical (unpaired) electrons. The van der Waals surface area contributed by atoms with Crippen LogP contribution in [0.3, 0.4) is 0 Å². The van der Waals surface area contributed by atoms with Gasteiger partial charge >= 0.3 is 0 Å². The van der Waals surface area contributed by atoms with Crippen LogP contribution in [0.25, 0.3) is 10.8 Å². The van der Waals surface area contributed by atoms with Crippen molar-refractivity contribution in [3.8, 4) is 0 Å². The van der Waals surface area contributed by atoms with Gasteiger partial charge in [-0.25, -0.2) is 4.39 Å². The fraction of sp³-hybridized carbons (Fsp3) is 0. The van der Waals surface area contributed by atoms with E-state index in [1.807, 2.05) is 36.4 Å². The van der Waals surface area contributed by atoms with Crippen LogP contribution in [-0.4, -0.2) is 0 Å². The summed E-state index contributed by atoms with van der Waals surface area (Å²) in [6, 6.07) is 16.4. The molecule has 0 unspecified atom stereocenters. The Morgan fingerprint density at radius 1 is 0.950 bits per heavy atom. The molecule has 0 saturated carbocycles. The van der Waals surface area contributed by atoms with Crippen LogP contribution >= 0.6 is 15.9 Å². The van der Waals surface area contributed by atoms with Gasteiger partial charge in [-0.1, -0.05) is 40.2 Å². The minimum Gasteiger partial charge on any atom is -0.399 e. The molecular weight excluding hydrogens is 319 g/mol. The third-order valence-corrected chi connectivity index (χ3v) is 3.76. The van der Waals surface area contributed by atoms with E-state index in [1.165, 1.54) is 12.1 Å². The van der Waals surface area contributed by atoms with Crippen LogP contribution in [0.4, 0.5) is 21.5 Å². The van der Waals surface area contributed by atoms with Crippen LogP contribution in [0, 0.1) is 5.82 Å². The minimum absolute atomic E-state index is 0.353. The number of halogens is 2. The molecule has 0 heterocycles. The highest BCUT2D eigenvalue weighted by Gasteiger charge is 2.05. The van der Waals surface area contributed by atoms with Crippen LogP contribution < -0.4 is 11.1 Å². The molecule has 0 aliphatic rings. The zero-order chi connectivity index (χ0) is 14.1. The highest BCUT2D eigenvalue weighted by molar-refractivity contribution is 9.10. The van der Waals surface area contributed by atoms with Crippen LogP contribution in [-0.2, 0) is 0 Å². The van der Waals surface area contributed by atoms with Gasteiger partial charge in [0.25, 0.3) is 0 Å². The van der Waals surface area contributed by atoms with Crippen molar-refractivity contribution in [1.82, 2.24) is 0 Å². The largest absolute Gasteiger partial charge is 0.399 e. The maximum absolute atomic E-state index is 13.4. The molecule has 0 aliphatic heterocycles. The molecule has 3 N–H and O–H groups in total. The Bertz CT molecular complexity index is 766. The third kappa shape index (κ3) is 2.47. The van der Waals surface area contributed by atoms with E-state index in [1.54, 1.807) is 6.07 Å². The Kier molecular flexibility index (Phi) is 3.32. The van der Waals surface area contributed by atoms with E-state index in [0.29, 0.717) is 11.4 Å². The predicted molar refractivity (Wildman–Crippen MR) is 85.7 cm³/mol. The number of nitrogen functional groups attached to an aromatic ring is 1. The van der Waals surface area contributed by atoms with Crippen molar-refractivity contribution in [2.24, 2.45) is 0 Å². The molecule has 0 spiro atoms. The van der Waals surface area contributed by atoms with Crippen LogP contribution in [0.15, 0.2) is 59.1 Å². The number of fused-ring (bicyclic) bond motifs is 1. The monoisotopic (exact) mass is 330 g/mol. The second-order valence-corrected chi connectivity index (χ2v) is 5.39. The average Bonchev–Trinajstić information content (AvgIpc) is 2.41. The van der Waals surface area contributed by atoms with Crippen molar-refractivity contribution in [3.05, 3.63) is 64.9 Å². The van der Waals surface area contributed by atoms with Crippen molar-refractivity contribution in [2.75, 3.05) is 11.1 Å². The van der Waals surface area contributed by atoms with E-state index in [9.17, 15) is 4.39 Å². The molecule has 3 rings (SSSR count). The lowest BCUT2D eigenvalue weighted by Crippen LogP contribution is -1.95. The van der Waals surface area contributed by atoms with Gasteiger partial charge in [0.1, 0.15) is 5.82 Å². The zero-order valence-corrected chi connectivity index (χ0v) is 12.1. The van der Waals surface area contributed by atoms with Gasteiger partial charge in [0.15, 0.2) is 0 Å². The Labute approximate surface area is 124 Å². The lowest BCUT2D eigenvalue weighted by atomic mass is 10.1. The van der Waals surface area contributed by atoms with Crippen LogP contribution in [0.1, 0.15) is 0 Å². The number of nitrogens with one attached hydrogen (secondary N) is 1. The molecule has 3 aromatic rings. The van der Waals surface area contributed by atoms with E-state index < -0.39 is 0 Å². The SMILES string of the molecule is Nc1cc(F)cc(Nc2ccc(Br)c3ccccc23)c1. The van der Waals surface area contributed by atoms with Crippen molar-refractivity contribution >= 4 is 43.8 Å². The molecule has 0 saturated heterocycles. The molecule has 4 heteroatoms. The van der Waals surface area contributed by atoms with Gasteiger partial charge in [-0.2, -0.15) is 0 Å². The Morgan fingerprint density at radius 3 is 2.45 bits per heavy atom. The quantitative estimate of drug-likeness (QED) is 0.644. The van der Waals surface area contributed by atoms with Crippen molar-refractivity contribution < 1.29 is 4.39 Å². The van der Waals surface area contributed by atoms with Crippen molar-refractivity contribution in [2.45, 2.75) is 0 Å². The summed E-state index contributed by atoms with van der Waals surface area (Å²) in [6.45, 7) is 0. The first-order valence-electron chi connectivity index (χ1n) is 6.14. The topological polar surface area (TPSA) is 38.0 Å². The minimum atomic E-state index is -0.353. The smallest absolute Gasteiger partial charge is 0.127 e. The summed E-state index contributed by atoms with van der Waals surface area (Å²) in [5.74, 6) is -0.353. The van der Waals surface area contributed by atoms with E-state index in [0.717, 1.165) is 20.9 Å². The maximum atomic E-state index is 13.4. The zero-order valence-electron chi connectivity index (χ0n) is 10.5. The Balaban J connectivity index is 2.09. The standard InChI is InChI=1S/C16H12BrFN2/c17-15-5-6-16(14-4-2-1-3-13(14)15)20-12-8-10(18)7-11(19)9-12/h1-9,20H,19H2. The van der Waals surface area contributed by atoms with Gasteiger partial charge in [-0.05, 0) is 35.7 Å². The normalized spacial score (nSPS) is 10.7. The lowest BCUT2D eigenvalue weighted by Gasteiger charge is -2.11. The summed E-state index contributed by atoms with van der Waals surface area (Å²) in [5.41, 5.74) is 7.60. The molecule has 20 heavy (non-hydrogen) atoms. The van der Waals surface area contributed by atoms with Crippen molar-refractivity contribution in [1.29, 1.82) is 0 Å². The van der Waals surface area contributed by atoms with E-state index in [2.05, 4.69) is 21.2 Å². The summed E-state index contributed by atoms with van der Waals surface area (Å²) >= 11 is 3.53. The van der Waals surface area contributed by atoms with Gasteiger partial charge in [-0.3, -0.25) is 0 Å². The second kappa shape index (κ2) is 5.13. The highest BCUT2D eigenvalue weighted by atomic mass is 79.9. The fourth-order valence-electron chi connectivity index (χ4n) is 2.21. The average molecular weight is 331 g/mol. The summed E-state index contributed by atoms with van der Waals surface area (Å²) in [6.07, 6.45) is 0. The number of anilines is 3. The van der Waals surface area contributed by atoms with Crippen molar-refractivity contribution in [3.63, 3.8) is 0 Å². The highest BCUT2D eigenvalue weighted by Crippen LogP contribution is 2.32. The number of rotatable bonds is 2. The first kappa shape index (κ1) is 12.9. The first-order valence-corrected chi connectivity index (χ1v) is 6.93. The van der Waals surface area contributed by atoms with Gasteiger partial charge in [0, 0.05) is 26.9 Å². The number of nitrogens with two attached hydrogens (primary N) is 1. The Morgan fingerprint density at radius 2 is 1.70 bits per heavy atom. The third-order valence-electron chi connectivity index (χ3n) is 3.07. The molecule has 0 fully saturated rings. The Hall–Kier alpha value is -2.07. The number of benzene rings is 3. The second-order valence-electron chi connectivity index (χ2n) is 4.54. The molecule has 100 valence electrons. The number of hydrogen-bond acceptors (Lipinski definition) is 2. The molecule has 0 bridgehead atoms. The predicted octanol–water partition coefficient (Wildman–Crippen LogP) is 5.07. The summed E-state index contributed by atoms with van der Waals surface area (Å²) in [5, 5.41) is 5.37. The van der Waals surface area contributed by atoms with Gasteiger partial charge < -0.3 is 11.1 Å². The number of hydrogen-bond donors (Lipinski definition) is 2.